The van der Waals surface area contributed by atoms with E-state index in [0.29, 0.717) is 15.7 Å². The lowest BCUT2D eigenvalue weighted by molar-refractivity contribution is 1.56. The molecule has 0 heterocycles. The van der Waals surface area contributed by atoms with Gasteiger partial charge in [-0.3, -0.25) is 0 Å². The van der Waals surface area contributed by atoms with Crippen molar-refractivity contribution in [2.24, 2.45) is 4.74 Å². The van der Waals surface area contributed by atoms with Gasteiger partial charge in [0.2, 0.25) is 5.11 Å². The molecule has 1 rings (SSSR count). The van der Waals surface area contributed by atoms with Crippen LogP contribution in [0.15, 0.2) is 22.9 Å². The van der Waals surface area contributed by atoms with E-state index in [0.717, 1.165) is 0 Å². The molecule has 0 bridgehead atoms. The molecule has 0 aromatic heterocycles. The van der Waals surface area contributed by atoms with E-state index in [1.807, 2.05) is 0 Å². The average Bonchev–Trinajstić information content (AvgIpc) is 1.95. The normalized spacial score (nSPS) is 11.5. The topological polar surface area (TPSA) is 12.4 Å². The molecule has 0 saturated carbocycles. The predicted octanol–water partition coefficient (Wildman–Crippen LogP) is 6.29. The van der Waals surface area contributed by atoms with Gasteiger partial charge in [0.25, 0.3) is 0 Å². The first-order chi connectivity index (χ1) is 5.90. The lowest BCUT2D eigenvalue weighted by Gasteiger charge is -2.03. The lowest BCUT2D eigenvalue weighted by atomic mass is 10.3. The van der Waals surface area contributed by atoms with Gasteiger partial charge in [-0.1, -0.05) is 29.3 Å². The summed E-state index contributed by atoms with van der Waals surface area (Å²) >= 11 is 28.3. The van der Waals surface area contributed by atoms with Gasteiger partial charge in [0.15, 0.2) is 0 Å². The molecule has 0 aliphatic carbocycles. The minimum atomic E-state index is -2.82. The maximum atomic E-state index is 5.80. The van der Waals surface area contributed by atoms with Crippen LogP contribution in [-0.4, -0.2) is 0 Å². The van der Waals surface area contributed by atoms with Crippen molar-refractivity contribution in [3.63, 3.8) is 0 Å². The van der Waals surface area contributed by atoms with Crippen molar-refractivity contribution < 1.29 is 0 Å². The second-order valence-electron chi connectivity index (χ2n) is 2.09. The van der Waals surface area contributed by atoms with E-state index in [4.69, 9.17) is 56.9 Å². The van der Waals surface area contributed by atoms with Gasteiger partial charge in [-0.25, -0.2) is 4.74 Å². The Hall–Kier alpha value is 0.900. The van der Waals surface area contributed by atoms with Crippen LogP contribution in [0.5, 0.6) is 0 Å². The summed E-state index contributed by atoms with van der Waals surface area (Å²) in [6, 6.07) is 4.96. The van der Waals surface area contributed by atoms with Crippen LogP contribution in [0.2, 0.25) is 10.0 Å². The fourth-order valence-corrected chi connectivity index (χ4v) is 2.42. The third-order valence-corrected chi connectivity index (χ3v) is 2.87. The van der Waals surface area contributed by atoms with E-state index < -0.39 is 5.11 Å². The van der Waals surface area contributed by atoms with Crippen molar-refractivity contribution in [3.8, 4) is 0 Å². The molecule has 13 heavy (non-hydrogen) atoms. The van der Waals surface area contributed by atoms with Crippen molar-refractivity contribution in [1.82, 2.24) is 0 Å². The van der Waals surface area contributed by atoms with Gasteiger partial charge < -0.3 is 0 Å². The molecule has 0 aliphatic rings. The summed E-state index contributed by atoms with van der Waals surface area (Å²) in [5.41, 5.74) is 0.333. The highest BCUT2D eigenvalue weighted by Gasteiger charge is 2.10. The molecular weight excluding hydrogens is 294 g/mol. The Morgan fingerprint density at radius 3 is 1.85 bits per heavy atom. The molecular formula is C6H3Cl5NP. The van der Waals surface area contributed by atoms with Gasteiger partial charge in [0, 0.05) is 0 Å². The Morgan fingerprint density at radius 2 is 1.46 bits per heavy atom. The Morgan fingerprint density at radius 1 is 1.00 bits per heavy atom. The molecule has 0 spiro atoms. The lowest BCUT2D eigenvalue weighted by Crippen LogP contribution is -1.68. The van der Waals surface area contributed by atoms with Crippen molar-refractivity contribution in [1.29, 1.82) is 0 Å². The second-order valence-corrected chi connectivity index (χ2v) is 9.90. The van der Waals surface area contributed by atoms with Crippen molar-refractivity contribution >= 4 is 67.7 Å². The summed E-state index contributed by atoms with van der Waals surface area (Å²) in [5.74, 6) is 0. The third kappa shape index (κ3) is 3.87. The van der Waals surface area contributed by atoms with Crippen molar-refractivity contribution in [3.05, 3.63) is 28.2 Å². The first kappa shape index (κ1) is 12.0. The highest BCUT2D eigenvalue weighted by Crippen LogP contribution is 2.67. The van der Waals surface area contributed by atoms with Gasteiger partial charge in [0.05, 0.1) is 10.0 Å². The zero-order valence-electron chi connectivity index (χ0n) is 6.02. The molecule has 0 fully saturated rings. The molecule has 0 radical (unpaired) electrons. The quantitative estimate of drug-likeness (QED) is 0.540. The maximum absolute atomic E-state index is 5.80. The highest BCUT2D eigenvalue weighted by molar-refractivity contribution is 8.26. The van der Waals surface area contributed by atoms with Crippen molar-refractivity contribution in [2.75, 3.05) is 0 Å². The van der Waals surface area contributed by atoms with Crippen LogP contribution < -0.4 is 0 Å². The SMILES string of the molecule is Clc1cccc(Cl)c1N=P(Cl)(Cl)Cl. The van der Waals surface area contributed by atoms with Gasteiger partial charge in [0.1, 0.15) is 5.69 Å². The number of hydrogen-bond donors (Lipinski definition) is 0. The molecule has 7 heteroatoms. The maximum Gasteiger partial charge on any atom is 0.229 e. The van der Waals surface area contributed by atoms with Crippen molar-refractivity contribution in [2.45, 2.75) is 0 Å². The van der Waals surface area contributed by atoms with Crippen LogP contribution in [0.1, 0.15) is 0 Å². The summed E-state index contributed by atoms with van der Waals surface area (Å²) in [6.07, 6.45) is 0. The van der Waals surface area contributed by atoms with Gasteiger partial charge >= 0.3 is 0 Å². The second kappa shape index (κ2) is 4.61. The minimum absolute atomic E-state index is 0.333. The van der Waals surface area contributed by atoms with Gasteiger partial charge in [-0.05, 0) is 45.9 Å². The molecule has 1 aromatic rings. The van der Waals surface area contributed by atoms with E-state index in [9.17, 15) is 0 Å². The largest absolute Gasteiger partial charge is 0.229 e. The fraction of sp³-hybridized carbons (Fsp3) is 0. The number of rotatable bonds is 1. The Balaban J connectivity index is 3.31. The first-order valence-electron chi connectivity index (χ1n) is 3.05. The molecule has 1 nitrogen and oxygen atoms in total. The average molecular weight is 297 g/mol. The fourth-order valence-electron chi connectivity index (χ4n) is 0.698. The van der Waals surface area contributed by atoms with E-state index >= 15 is 0 Å². The van der Waals surface area contributed by atoms with E-state index in [2.05, 4.69) is 4.74 Å². The van der Waals surface area contributed by atoms with E-state index in [-0.39, 0.29) is 0 Å². The summed E-state index contributed by atoms with van der Waals surface area (Å²) in [5, 5.41) is -2.07. The zero-order valence-corrected chi connectivity index (χ0v) is 10.7. The van der Waals surface area contributed by atoms with Crippen LogP contribution in [0.4, 0.5) is 5.69 Å². The Kier molecular flexibility index (Phi) is 4.25. The van der Waals surface area contributed by atoms with Crippen LogP contribution in [0.25, 0.3) is 0 Å². The molecule has 0 aliphatic heterocycles. The summed E-state index contributed by atoms with van der Waals surface area (Å²) in [6.45, 7) is 0. The highest BCUT2D eigenvalue weighted by atomic mass is 36.0. The van der Waals surface area contributed by atoms with Gasteiger partial charge in [-0.2, -0.15) is 0 Å². The summed E-state index contributed by atoms with van der Waals surface area (Å²) < 4.78 is 3.83. The molecule has 0 unspecified atom stereocenters. The zero-order chi connectivity index (χ0) is 10.1. The number of nitrogens with zero attached hydrogens (tertiary/aromatic N) is 1. The first-order valence-corrected chi connectivity index (χ1v) is 8.27. The predicted molar refractivity (Wildman–Crippen MR) is 63.0 cm³/mol. The Bertz CT molecular complexity index is 343. The number of benzene rings is 1. The molecule has 0 N–H and O–H groups in total. The molecule has 1 aromatic carbocycles. The summed E-state index contributed by atoms with van der Waals surface area (Å²) in [4.78, 5) is 0. The van der Waals surface area contributed by atoms with Gasteiger partial charge in [-0.15, -0.1) is 0 Å². The smallest absolute Gasteiger partial charge is 0.220 e. The number of halogens is 5. The van der Waals surface area contributed by atoms with Crippen LogP contribution >= 0.6 is 62.0 Å². The van der Waals surface area contributed by atoms with Crippen LogP contribution in [0, 0.1) is 0 Å². The molecule has 0 saturated heterocycles. The minimum Gasteiger partial charge on any atom is -0.220 e. The standard InChI is InChI=1S/C6H3Cl5NP/c7-4-2-1-3-5(8)6(4)12-13(9,10)11/h1-3H. The monoisotopic (exact) mass is 295 g/mol. The molecule has 72 valence electrons. The summed E-state index contributed by atoms with van der Waals surface area (Å²) in [7, 11) is 0. The van der Waals surface area contributed by atoms with E-state index in [1.54, 1.807) is 18.2 Å². The van der Waals surface area contributed by atoms with E-state index in [1.165, 1.54) is 0 Å². The molecule has 0 atom stereocenters. The Labute approximate surface area is 100 Å². The third-order valence-electron chi connectivity index (χ3n) is 1.15. The van der Waals surface area contributed by atoms with Crippen LogP contribution in [-0.2, 0) is 0 Å². The van der Waals surface area contributed by atoms with Crippen LogP contribution in [0.3, 0.4) is 0 Å². The molecule has 0 amide bonds. The number of hydrogen-bond acceptors (Lipinski definition) is 1.